The monoisotopic (exact) mass is 515 g/mol. The number of nitrogens with one attached hydrogen (secondary N) is 2. The fourth-order valence-electron chi connectivity index (χ4n) is 4.14. The average Bonchev–Trinajstić information content (AvgIpc) is 3.07. The Kier molecular flexibility index (Phi) is 7.33. The topological polar surface area (TPSA) is 53.6 Å². The molecule has 5 nitrogen and oxygen atoms in total. The number of ether oxygens (including phenoxy) is 1. The number of carbonyl (C=O) groups excluding carboxylic acids is 1. The Morgan fingerprint density at radius 3 is 2.76 bits per heavy atom. The second-order valence-electron chi connectivity index (χ2n) is 8.69. The second-order valence-corrected chi connectivity index (χ2v) is 10.8. The molecule has 0 bridgehead atoms. The van der Waals surface area contributed by atoms with Crippen LogP contribution in [0, 0.1) is 11.8 Å². The van der Waals surface area contributed by atoms with E-state index in [0.717, 1.165) is 11.3 Å². The van der Waals surface area contributed by atoms with Crippen LogP contribution in [0.25, 0.3) is 10.1 Å². The van der Waals surface area contributed by atoms with Gasteiger partial charge in [-0.25, -0.2) is 4.39 Å². The standard InChI is InChI=1S/C23H25F4N3O2S2/c1-14(31)28-9-4-7-19-21(34-23(25,26)27)15-5-3-6-18(20(15)33-19)29-17-8-10-30(11-16(17)24)22(2)12-32-13-22/h3,5-6,16-17,29H,8-13H2,1-2H3,(H,28,31)/t16-,17+/m0/s1. The molecule has 11 heteroatoms. The van der Waals surface area contributed by atoms with Crippen LogP contribution in [-0.2, 0) is 9.53 Å². The molecule has 1 amide bonds. The molecule has 0 aliphatic carbocycles. The van der Waals surface area contributed by atoms with Crippen molar-refractivity contribution in [1.82, 2.24) is 10.2 Å². The minimum atomic E-state index is -4.48. The van der Waals surface area contributed by atoms with Crippen LogP contribution in [0.3, 0.4) is 0 Å². The predicted molar refractivity (Wildman–Crippen MR) is 127 cm³/mol. The Labute approximate surface area is 203 Å². The first-order valence-corrected chi connectivity index (χ1v) is 12.5. The van der Waals surface area contributed by atoms with Gasteiger partial charge in [-0.2, -0.15) is 13.2 Å². The summed E-state index contributed by atoms with van der Waals surface area (Å²) in [5.41, 5.74) is -4.01. The molecule has 2 aromatic rings. The number of likely N-dealkylation sites (tertiary alicyclic amines) is 1. The highest BCUT2D eigenvalue weighted by Crippen LogP contribution is 2.47. The van der Waals surface area contributed by atoms with Crippen molar-refractivity contribution in [2.24, 2.45) is 0 Å². The third-order valence-corrected chi connectivity index (χ3v) is 8.13. The van der Waals surface area contributed by atoms with E-state index in [2.05, 4.69) is 34.3 Å². The number of carbonyl (C=O) groups is 1. The maximum Gasteiger partial charge on any atom is 0.446 e. The van der Waals surface area contributed by atoms with Crippen LogP contribution < -0.4 is 10.6 Å². The summed E-state index contributed by atoms with van der Waals surface area (Å²) in [6.07, 6.45) is -0.547. The molecular formula is C23H25F4N3O2S2. The van der Waals surface area contributed by atoms with Gasteiger partial charge in [0.25, 0.3) is 0 Å². The van der Waals surface area contributed by atoms with Gasteiger partial charge in [-0.1, -0.05) is 24.0 Å². The molecule has 3 heterocycles. The molecular weight excluding hydrogens is 490 g/mol. The summed E-state index contributed by atoms with van der Waals surface area (Å²) in [5, 5.41) is 6.18. The average molecular weight is 516 g/mol. The maximum atomic E-state index is 15.1. The lowest BCUT2D eigenvalue weighted by atomic mass is 9.92. The van der Waals surface area contributed by atoms with Crippen molar-refractivity contribution >= 4 is 44.8 Å². The second kappa shape index (κ2) is 9.93. The molecule has 4 rings (SSSR count). The molecule has 0 spiro atoms. The first-order valence-electron chi connectivity index (χ1n) is 10.8. The molecule has 0 saturated carbocycles. The number of hydrogen-bond donors (Lipinski definition) is 2. The largest absolute Gasteiger partial charge is 0.446 e. The van der Waals surface area contributed by atoms with E-state index < -0.39 is 17.7 Å². The summed E-state index contributed by atoms with van der Waals surface area (Å²) < 4.78 is 60.9. The Morgan fingerprint density at radius 1 is 1.38 bits per heavy atom. The molecule has 184 valence electrons. The SMILES string of the molecule is CC(=O)NCC#Cc1sc2c(N[C@@H]3CCN(C4(C)COC4)C[C@@H]3F)cccc2c1SC(F)(F)F. The minimum absolute atomic E-state index is 0.0241. The zero-order chi connectivity index (χ0) is 24.5. The van der Waals surface area contributed by atoms with Crippen molar-refractivity contribution in [3.8, 4) is 11.8 Å². The highest BCUT2D eigenvalue weighted by molar-refractivity contribution is 8.00. The molecule has 1 aromatic heterocycles. The molecule has 34 heavy (non-hydrogen) atoms. The van der Waals surface area contributed by atoms with Gasteiger partial charge in [-0.15, -0.1) is 11.3 Å². The number of alkyl halides is 4. The number of hydrogen-bond acceptors (Lipinski definition) is 6. The molecule has 2 fully saturated rings. The van der Waals surface area contributed by atoms with Crippen molar-refractivity contribution in [2.75, 3.05) is 38.2 Å². The lowest BCUT2D eigenvalue weighted by Crippen LogP contribution is -2.64. The van der Waals surface area contributed by atoms with Crippen molar-refractivity contribution in [2.45, 2.75) is 48.4 Å². The Bertz CT molecular complexity index is 1120. The van der Waals surface area contributed by atoms with E-state index in [1.165, 1.54) is 6.92 Å². The number of anilines is 1. The Morgan fingerprint density at radius 2 is 2.15 bits per heavy atom. The van der Waals surface area contributed by atoms with Crippen LogP contribution in [0.4, 0.5) is 23.2 Å². The van der Waals surface area contributed by atoms with Crippen LogP contribution in [0.5, 0.6) is 0 Å². The first-order chi connectivity index (χ1) is 16.1. The molecule has 1 aromatic carbocycles. The lowest BCUT2D eigenvalue weighted by Gasteiger charge is -2.50. The van der Waals surface area contributed by atoms with E-state index in [0.29, 0.717) is 42.0 Å². The van der Waals surface area contributed by atoms with Crippen molar-refractivity contribution in [3.63, 3.8) is 0 Å². The number of halogens is 4. The predicted octanol–water partition coefficient (Wildman–Crippen LogP) is 4.61. The number of rotatable bonds is 5. The highest BCUT2D eigenvalue weighted by atomic mass is 32.2. The molecule has 2 saturated heterocycles. The van der Waals surface area contributed by atoms with Crippen LogP contribution in [0.2, 0.25) is 0 Å². The number of benzene rings is 1. The zero-order valence-electron chi connectivity index (χ0n) is 18.7. The summed E-state index contributed by atoms with van der Waals surface area (Å²) in [7, 11) is 0. The fourth-order valence-corrected chi connectivity index (χ4v) is 6.16. The number of nitrogens with zero attached hydrogens (tertiary/aromatic N) is 1. The van der Waals surface area contributed by atoms with Gasteiger partial charge in [0.1, 0.15) is 6.17 Å². The lowest BCUT2D eigenvalue weighted by molar-refractivity contribution is -0.142. The number of fused-ring (bicyclic) bond motifs is 1. The fraction of sp³-hybridized carbons (Fsp3) is 0.522. The summed E-state index contributed by atoms with van der Waals surface area (Å²) >= 11 is 0.934. The van der Waals surface area contributed by atoms with Gasteiger partial charge in [0.2, 0.25) is 5.91 Å². The Hall–Kier alpha value is -2.00. The minimum Gasteiger partial charge on any atom is -0.378 e. The molecule has 2 N–H and O–H groups in total. The van der Waals surface area contributed by atoms with Gasteiger partial charge in [0, 0.05) is 25.4 Å². The van der Waals surface area contributed by atoms with E-state index in [1.807, 2.05) is 0 Å². The van der Waals surface area contributed by atoms with Crippen LogP contribution in [0.15, 0.2) is 23.1 Å². The van der Waals surface area contributed by atoms with Gasteiger partial charge < -0.3 is 15.4 Å². The first kappa shape index (κ1) is 25.1. The van der Waals surface area contributed by atoms with Crippen molar-refractivity contribution in [3.05, 3.63) is 23.1 Å². The van der Waals surface area contributed by atoms with Crippen LogP contribution in [-0.4, -0.2) is 66.9 Å². The molecule has 2 aliphatic rings. The summed E-state index contributed by atoms with van der Waals surface area (Å²) in [4.78, 5) is 13.4. The van der Waals surface area contributed by atoms with Gasteiger partial charge in [0.05, 0.1) is 51.5 Å². The summed E-state index contributed by atoms with van der Waals surface area (Å²) in [6.45, 7) is 5.64. The van der Waals surface area contributed by atoms with E-state index in [-0.39, 0.29) is 46.1 Å². The van der Waals surface area contributed by atoms with Crippen LogP contribution >= 0.6 is 23.1 Å². The zero-order valence-corrected chi connectivity index (χ0v) is 20.4. The van der Waals surface area contributed by atoms with Crippen molar-refractivity contribution in [1.29, 1.82) is 0 Å². The molecule has 0 radical (unpaired) electrons. The molecule has 0 unspecified atom stereocenters. The van der Waals surface area contributed by atoms with Gasteiger partial charge in [0.15, 0.2) is 0 Å². The van der Waals surface area contributed by atoms with Crippen molar-refractivity contribution < 1.29 is 27.1 Å². The molecule has 2 aliphatic heterocycles. The number of thioether (sulfide) groups is 1. The smallest absolute Gasteiger partial charge is 0.378 e. The Balaban J connectivity index is 1.58. The van der Waals surface area contributed by atoms with Crippen LogP contribution in [0.1, 0.15) is 25.1 Å². The number of piperidine rings is 1. The number of amides is 1. The highest BCUT2D eigenvalue weighted by Gasteiger charge is 2.43. The number of thiophene rings is 1. The normalized spacial score (nSPS) is 22.5. The van der Waals surface area contributed by atoms with E-state index in [4.69, 9.17) is 4.74 Å². The molecule has 2 atom stereocenters. The summed E-state index contributed by atoms with van der Waals surface area (Å²) in [6, 6.07) is 4.61. The maximum absolute atomic E-state index is 15.1. The van der Waals surface area contributed by atoms with E-state index in [1.54, 1.807) is 18.2 Å². The third-order valence-electron chi connectivity index (χ3n) is 5.99. The quantitative estimate of drug-likeness (QED) is 0.346. The summed E-state index contributed by atoms with van der Waals surface area (Å²) in [5.74, 6) is 5.21. The van der Waals surface area contributed by atoms with E-state index >= 15 is 4.39 Å². The van der Waals surface area contributed by atoms with Gasteiger partial charge in [-0.3, -0.25) is 9.69 Å². The van der Waals surface area contributed by atoms with E-state index in [9.17, 15) is 18.0 Å². The third kappa shape index (κ3) is 5.62. The van der Waals surface area contributed by atoms with Gasteiger partial charge in [-0.05, 0) is 31.2 Å². The van der Waals surface area contributed by atoms with Gasteiger partial charge >= 0.3 is 5.51 Å².